The zero-order valence-electron chi connectivity index (χ0n) is 15.2. The fraction of sp³-hybridized carbons (Fsp3) is 0.579. The Balaban J connectivity index is 2.60. The van der Waals surface area contributed by atoms with Gasteiger partial charge < -0.3 is 15.3 Å². The molecule has 2 amide bonds. The van der Waals surface area contributed by atoms with E-state index in [1.54, 1.807) is 0 Å². The summed E-state index contributed by atoms with van der Waals surface area (Å²) in [7, 11) is 0. The molecule has 0 unspecified atom stereocenters. The van der Waals surface area contributed by atoms with Crippen LogP contribution in [0.15, 0.2) is 18.2 Å². The van der Waals surface area contributed by atoms with Crippen LogP contribution in [0.3, 0.4) is 0 Å². The maximum atomic E-state index is 11.7. The van der Waals surface area contributed by atoms with Crippen molar-refractivity contribution in [2.75, 3.05) is 18.4 Å². The highest BCUT2D eigenvalue weighted by Gasteiger charge is 2.44. The quantitative estimate of drug-likeness (QED) is 0.886. The van der Waals surface area contributed by atoms with E-state index in [1.807, 2.05) is 12.1 Å². The van der Waals surface area contributed by atoms with Crippen LogP contribution in [0.4, 0.5) is 10.5 Å². The summed E-state index contributed by atoms with van der Waals surface area (Å²) in [6.45, 7) is 11.1. The van der Waals surface area contributed by atoms with Crippen molar-refractivity contribution in [3.05, 3.63) is 29.3 Å². The molecule has 2 N–H and O–H groups in total. The standard InChI is InChI=1S/C19H28N2O3/c1-12(2)19(13(3)4)11-21(18(23)24)9-8-15-10-16(20-14(5)22)6-7-17(15)19/h6-7,10,12-13H,8-9,11H2,1-5H3,(H,20,22)(H,23,24). The lowest BCUT2D eigenvalue weighted by Gasteiger charge is -2.44. The van der Waals surface area contributed by atoms with Crippen LogP contribution < -0.4 is 5.32 Å². The highest BCUT2D eigenvalue weighted by Crippen LogP contribution is 2.44. The van der Waals surface area contributed by atoms with Crippen molar-refractivity contribution >= 4 is 17.7 Å². The summed E-state index contributed by atoms with van der Waals surface area (Å²) in [6, 6.07) is 6.00. The largest absolute Gasteiger partial charge is 0.465 e. The summed E-state index contributed by atoms with van der Waals surface area (Å²) in [6.07, 6.45) is -0.202. The van der Waals surface area contributed by atoms with Crippen LogP contribution in [0.5, 0.6) is 0 Å². The van der Waals surface area contributed by atoms with Crippen LogP contribution >= 0.6 is 0 Å². The van der Waals surface area contributed by atoms with E-state index in [0.29, 0.717) is 31.3 Å². The number of amides is 2. The molecule has 0 saturated heterocycles. The Morgan fingerprint density at radius 2 is 1.83 bits per heavy atom. The van der Waals surface area contributed by atoms with E-state index in [9.17, 15) is 14.7 Å². The highest BCUT2D eigenvalue weighted by molar-refractivity contribution is 5.88. The Bertz CT molecular complexity index is 629. The molecule has 0 atom stereocenters. The van der Waals surface area contributed by atoms with E-state index in [2.05, 4.69) is 39.1 Å². The summed E-state index contributed by atoms with van der Waals surface area (Å²) >= 11 is 0. The van der Waals surface area contributed by atoms with Crippen molar-refractivity contribution in [3.63, 3.8) is 0 Å². The normalized spacial score (nSPS) is 16.7. The number of carbonyl (C=O) groups excluding carboxylic acids is 1. The number of anilines is 1. The van der Waals surface area contributed by atoms with Gasteiger partial charge in [-0.15, -0.1) is 0 Å². The SMILES string of the molecule is CC(=O)Nc1ccc2c(c1)CCN(C(=O)O)CC2(C(C)C)C(C)C. The van der Waals surface area contributed by atoms with E-state index in [0.717, 1.165) is 11.3 Å². The molecule has 0 aliphatic carbocycles. The Labute approximate surface area is 144 Å². The van der Waals surface area contributed by atoms with Crippen molar-refractivity contribution in [1.82, 2.24) is 4.90 Å². The minimum Gasteiger partial charge on any atom is -0.465 e. The molecule has 1 aliphatic rings. The topological polar surface area (TPSA) is 69.6 Å². The van der Waals surface area contributed by atoms with Gasteiger partial charge in [-0.1, -0.05) is 33.8 Å². The fourth-order valence-corrected chi connectivity index (χ4v) is 4.09. The lowest BCUT2D eigenvalue weighted by molar-refractivity contribution is -0.114. The first-order valence-electron chi connectivity index (χ1n) is 8.57. The molecule has 0 bridgehead atoms. The molecule has 0 radical (unpaired) electrons. The summed E-state index contributed by atoms with van der Waals surface area (Å²) in [5, 5.41) is 12.4. The molecule has 24 heavy (non-hydrogen) atoms. The molecule has 1 aliphatic heterocycles. The monoisotopic (exact) mass is 332 g/mol. The second-order valence-corrected chi connectivity index (χ2v) is 7.36. The molecule has 1 heterocycles. The molecule has 132 valence electrons. The number of nitrogens with one attached hydrogen (secondary N) is 1. The van der Waals surface area contributed by atoms with Crippen molar-refractivity contribution < 1.29 is 14.7 Å². The smallest absolute Gasteiger partial charge is 0.407 e. The van der Waals surface area contributed by atoms with Gasteiger partial charge in [0.1, 0.15) is 0 Å². The molecule has 0 spiro atoms. The Hall–Kier alpha value is -2.04. The molecule has 5 nitrogen and oxygen atoms in total. The van der Waals surface area contributed by atoms with Gasteiger partial charge in [0.15, 0.2) is 0 Å². The zero-order chi connectivity index (χ0) is 18.1. The number of nitrogens with zero attached hydrogens (tertiary/aromatic N) is 1. The van der Waals surface area contributed by atoms with Crippen LogP contribution in [0.1, 0.15) is 45.7 Å². The molecule has 0 saturated carbocycles. The molecular formula is C19H28N2O3. The average Bonchev–Trinajstić information content (AvgIpc) is 2.64. The van der Waals surface area contributed by atoms with Crippen molar-refractivity contribution in [3.8, 4) is 0 Å². The van der Waals surface area contributed by atoms with E-state index >= 15 is 0 Å². The van der Waals surface area contributed by atoms with Crippen molar-refractivity contribution in [1.29, 1.82) is 0 Å². The average molecular weight is 332 g/mol. The van der Waals surface area contributed by atoms with Gasteiger partial charge in [0.2, 0.25) is 5.91 Å². The molecule has 1 aromatic rings. The predicted octanol–water partition coefficient (Wildman–Crippen LogP) is 3.73. The van der Waals surface area contributed by atoms with Gasteiger partial charge in [-0.3, -0.25) is 4.79 Å². The number of hydrogen-bond donors (Lipinski definition) is 2. The Morgan fingerprint density at radius 3 is 2.33 bits per heavy atom. The molecular weight excluding hydrogens is 304 g/mol. The third-order valence-electron chi connectivity index (χ3n) is 5.36. The number of fused-ring (bicyclic) bond motifs is 1. The lowest BCUT2D eigenvalue weighted by atomic mass is 9.63. The minimum absolute atomic E-state index is 0.102. The van der Waals surface area contributed by atoms with E-state index in [1.165, 1.54) is 17.4 Å². The second kappa shape index (κ2) is 6.83. The van der Waals surface area contributed by atoms with Gasteiger partial charge in [0.05, 0.1) is 0 Å². The fourth-order valence-electron chi connectivity index (χ4n) is 4.09. The summed E-state index contributed by atoms with van der Waals surface area (Å²) in [5.74, 6) is 0.486. The Kier molecular flexibility index (Phi) is 5.21. The maximum absolute atomic E-state index is 11.7. The zero-order valence-corrected chi connectivity index (χ0v) is 15.2. The molecule has 5 heteroatoms. The summed E-state index contributed by atoms with van der Waals surface area (Å²) in [4.78, 5) is 24.5. The number of hydrogen-bond acceptors (Lipinski definition) is 2. The van der Waals surface area contributed by atoms with Crippen LogP contribution in [0.2, 0.25) is 0 Å². The first kappa shape index (κ1) is 18.3. The van der Waals surface area contributed by atoms with Gasteiger partial charge in [-0.05, 0) is 41.5 Å². The number of carbonyl (C=O) groups is 2. The van der Waals surface area contributed by atoms with Gasteiger partial charge >= 0.3 is 6.09 Å². The first-order valence-corrected chi connectivity index (χ1v) is 8.57. The van der Waals surface area contributed by atoms with Gasteiger partial charge in [0.25, 0.3) is 0 Å². The third kappa shape index (κ3) is 3.25. The van der Waals surface area contributed by atoms with Crippen LogP contribution in [0.25, 0.3) is 0 Å². The molecule has 2 rings (SSSR count). The highest BCUT2D eigenvalue weighted by atomic mass is 16.4. The summed E-state index contributed by atoms with van der Waals surface area (Å²) in [5.41, 5.74) is 2.88. The van der Waals surface area contributed by atoms with Crippen LogP contribution in [-0.4, -0.2) is 35.1 Å². The van der Waals surface area contributed by atoms with E-state index in [4.69, 9.17) is 0 Å². The molecule has 0 aromatic heterocycles. The maximum Gasteiger partial charge on any atom is 0.407 e. The van der Waals surface area contributed by atoms with Crippen LogP contribution in [0, 0.1) is 11.8 Å². The molecule has 1 aromatic carbocycles. The van der Waals surface area contributed by atoms with Gasteiger partial charge in [0, 0.05) is 31.1 Å². The third-order valence-corrected chi connectivity index (χ3v) is 5.36. The lowest BCUT2D eigenvalue weighted by Crippen LogP contribution is -2.48. The molecule has 0 fully saturated rings. The minimum atomic E-state index is -0.865. The van der Waals surface area contributed by atoms with Crippen LogP contribution in [-0.2, 0) is 16.6 Å². The summed E-state index contributed by atoms with van der Waals surface area (Å²) < 4.78 is 0. The first-order chi connectivity index (χ1) is 11.2. The number of carboxylic acid groups (broad SMARTS) is 1. The van der Waals surface area contributed by atoms with E-state index < -0.39 is 6.09 Å². The predicted molar refractivity (Wildman–Crippen MR) is 95.4 cm³/mol. The number of benzene rings is 1. The van der Waals surface area contributed by atoms with Crippen molar-refractivity contribution in [2.45, 2.75) is 46.5 Å². The van der Waals surface area contributed by atoms with Gasteiger partial charge in [-0.25, -0.2) is 4.79 Å². The number of rotatable bonds is 3. The second-order valence-electron chi connectivity index (χ2n) is 7.36. The Morgan fingerprint density at radius 1 is 1.21 bits per heavy atom. The van der Waals surface area contributed by atoms with Gasteiger partial charge in [-0.2, -0.15) is 0 Å². The van der Waals surface area contributed by atoms with Crippen molar-refractivity contribution in [2.24, 2.45) is 11.8 Å². The van der Waals surface area contributed by atoms with E-state index in [-0.39, 0.29) is 11.3 Å².